The van der Waals surface area contributed by atoms with Crippen molar-refractivity contribution in [1.29, 1.82) is 0 Å². The molecule has 0 N–H and O–H groups in total. The Morgan fingerprint density at radius 1 is 0.900 bits per heavy atom. The van der Waals surface area contributed by atoms with Crippen LogP contribution in [0.3, 0.4) is 0 Å². The molecular formula is C26H23NO3. The third-order valence-corrected chi connectivity index (χ3v) is 5.30. The maximum atomic E-state index is 13.2. The first-order chi connectivity index (χ1) is 14.5. The predicted octanol–water partition coefficient (Wildman–Crippen LogP) is 5.35. The molecule has 0 unspecified atom stereocenters. The second-order valence-corrected chi connectivity index (χ2v) is 7.58. The number of hydrogen-bond acceptors (Lipinski definition) is 3. The minimum Gasteiger partial charge on any atom is -0.455 e. The van der Waals surface area contributed by atoms with Gasteiger partial charge in [-0.1, -0.05) is 66.2 Å². The molecule has 0 saturated heterocycles. The Morgan fingerprint density at radius 3 is 2.30 bits per heavy atom. The number of rotatable bonds is 4. The van der Waals surface area contributed by atoms with E-state index in [1.807, 2.05) is 61.5 Å². The average Bonchev–Trinajstić information content (AvgIpc) is 2.77. The van der Waals surface area contributed by atoms with Gasteiger partial charge in [0.25, 0.3) is 5.91 Å². The van der Waals surface area contributed by atoms with Gasteiger partial charge in [-0.05, 0) is 31.5 Å². The third kappa shape index (κ3) is 3.64. The van der Waals surface area contributed by atoms with Crippen LogP contribution in [0.5, 0.6) is 0 Å². The van der Waals surface area contributed by atoms with Crippen molar-refractivity contribution in [1.82, 2.24) is 4.90 Å². The van der Waals surface area contributed by atoms with Crippen LogP contribution in [-0.2, 0) is 6.54 Å². The Hall–Kier alpha value is -3.66. The standard InChI is InChI=1S/C26H23NO3/c1-17-12-14-19(15-13-17)16-27(3)26(29)22-11-7-10-21-23(28)18(2)24(30-25(21)22)20-8-5-4-6-9-20/h4-15H,16H2,1-3H3. The lowest BCUT2D eigenvalue weighted by atomic mass is 10.0. The van der Waals surface area contributed by atoms with Crippen molar-refractivity contribution in [3.8, 4) is 11.3 Å². The summed E-state index contributed by atoms with van der Waals surface area (Å²) in [7, 11) is 1.76. The minimum atomic E-state index is -0.188. The molecule has 0 atom stereocenters. The topological polar surface area (TPSA) is 50.5 Å². The monoisotopic (exact) mass is 397 g/mol. The molecule has 0 aliphatic heterocycles. The molecule has 0 fully saturated rings. The van der Waals surface area contributed by atoms with Crippen LogP contribution >= 0.6 is 0 Å². The Kier molecular flexibility index (Phi) is 5.23. The molecule has 0 radical (unpaired) electrons. The van der Waals surface area contributed by atoms with Crippen molar-refractivity contribution < 1.29 is 9.21 Å². The third-order valence-electron chi connectivity index (χ3n) is 5.30. The van der Waals surface area contributed by atoms with Crippen LogP contribution in [0.2, 0.25) is 0 Å². The molecule has 4 aromatic rings. The normalized spacial score (nSPS) is 10.9. The zero-order valence-corrected chi connectivity index (χ0v) is 17.3. The molecule has 1 aromatic heterocycles. The highest BCUT2D eigenvalue weighted by Gasteiger charge is 2.20. The SMILES string of the molecule is Cc1ccc(CN(C)C(=O)c2cccc3c(=O)c(C)c(-c4ccccc4)oc23)cc1. The number of hydrogen-bond donors (Lipinski definition) is 0. The summed E-state index contributed by atoms with van der Waals surface area (Å²) in [4.78, 5) is 27.9. The lowest BCUT2D eigenvalue weighted by Gasteiger charge is -2.18. The number of benzene rings is 3. The second-order valence-electron chi connectivity index (χ2n) is 7.58. The molecule has 4 nitrogen and oxygen atoms in total. The van der Waals surface area contributed by atoms with Crippen molar-refractivity contribution in [3.63, 3.8) is 0 Å². The van der Waals surface area contributed by atoms with Crippen molar-refractivity contribution >= 4 is 16.9 Å². The van der Waals surface area contributed by atoms with Crippen LogP contribution < -0.4 is 5.43 Å². The summed E-state index contributed by atoms with van der Waals surface area (Å²) >= 11 is 0. The minimum absolute atomic E-state index is 0.119. The number of amides is 1. The van der Waals surface area contributed by atoms with Gasteiger partial charge in [0.2, 0.25) is 0 Å². The molecule has 150 valence electrons. The van der Waals surface area contributed by atoms with Crippen molar-refractivity contribution in [2.24, 2.45) is 0 Å². The van der Waals surface area contributed by atoms with Gasteiger partial charge in [0, 0.05) is 24.7 Å². The Bertz CT molecular complexity index is 1270. The van der Waals surface area contributed by atoms with Crippen molar-refractivity contribution in [2.45, 2.75) is 20.4 Å². The highest BCUT2D eigenvalue weighted by Crippen LogP contribution is 2.28. The van der Waals surface area contributed by atoms with E-state index in [2.05, 4.69) is 0 Å². The highest BCUT2D eigenvalue weighted by molar-refractivity contribution is 6.05. The lowest BCUT2D eigenvalue weighted by Crippen LogP contribution is -2.26. The molecule has 3 aromatic carbocycles. The molecule has 0 aliphatic rings. The highest BCUT2D eigenvalue weighted by atomic mass is 16.3. The maximum Gasteiger partial charge on any atom is 0.257 e. The fourth-order valence-corrected chi connectivity index (χ4v) is 3.59. The number of fused-ring (bicyclic) bond motifs is 1. The fraction of sp³-hybridized carbons (Fsp3) is 0.154. The molecule has 1 heterocycles. The molecule has 4 rings (SSSR count). The van der Waals surface area contributed by atoms with E-state index in [1.165, 1.54) is 5.56 Å². The summed E-state index contributed by atoms with van der Waals surface area (Å²) in [6.45, 7) is 4.26. The number of nitrogens with zero attached hydrogens (tertiary/aromatic N) is 1. The van der Waals surface area contributed by atoms with Gasteiger partial charge in [0.1, 0.15) is 5.76 Å². The summed E-state index contributed by atoms with van der Waals surface area (Å²) in [5.74, 6) is 0.307. The smallest absolute Gasteiger partial charge is 0.257 e. The van der Waals surface area contributed by atoms with Gasteiger partial charge in [-0.2, -0.15) is 0 Å². The zero-order valence-electron chi connectivity index (χ0n) is 17.3. The molecule has 0 saturated carbocycles. The molecule has 1 amide bonds. The van der Waals surface area contributed by atoms with Gasteiger partial charge >= 0.3 is 0 Å². The fourth-order valence-electron chi connectivity index (χ4n) is 3.59. The summed E-state index contributed by atoms with van der Waals surface area (Å²) in [5, 5.41) is 0.418. The van der Waals surface area contributed by atoms with E-state index >= 15 is 0 Å². The van der Waals surface area contributed by atoms with E-state index in [9.17, 15) is 9.59 Å². The largest absolute Gasteiger partial charge is 0.455 e. The molecule has 30 heavy (non-hydrogen) atoms. The number of aryl methyl sites for hydroxylation is 1. The molecule has 0 bridgehead atoms. The van der Waals surface area contributed by atoms with Gasteiger partial charge < -0.3 is 9.32 Å². The first-order valence-electron chi connectivity index (χ1n) is 9.88. The summed E-state index contributed by atoms with van der Waals surface area (Å²) in [6.07, 6.45) is 0. The van der Waals surface area contributed by atoms with Crippen molar-refractivity contribution in [3.05, 3.63) is 105 Å². The van der Waals surface area contributed by atoms with Crippen LogP contribution in [0.15, 0.2) is 82.0 Å². The second kappa shape index (κ2) is 7.99. The first kappa shape index (κ1) is 19.6. The van der Waals surface area contributed by atoms with Gasteiger partial charge in [-0.25, -0.2) is 0 Å². The van der Waals surface area contributed by atoms with Gasteiger partial charge in [-0.3, -0.25) is 9.59 Å². The van der Waals surface area contributed by atoms with Crippen molar-refractivity contribution in [2.75, 3.05) is 7.05 Å². The summed E-state index contributed by atoms with van der Waals surface area (Å²) < 4.78 is 6.18. The maximum absolute atomic E-state index is 13.2. The van der Waals surface area contributed by atoms with Crippen LogP contribution in [0.4, 0.5) is 0 Å². The van der Waals surface area contributed by atoms with E-state index < -0.39 is 0 Å². The Morgan fingerprint density at radius 2 is 1.60 bits per heavy atom. The lowest BCUT2D eigenvalue weighted by molar-refractivity contribution is 0.0786. The van der Waals surface area contributed by atoms with E-state index in [1.54, 1.807) is 37.1 Å². The van der Waals surface area contributed by atoms with E-state index in [-0.39, 0.29) is 11.3 Å². The molecule has 0 aliphatic carbocycles. The Labute approximate surface area is 175 Å². The van der Waals surface area contributed by atoms with Crippen LogP contribution in [0.1, 0.15) is 27.0 Å². The van der Waals surface area contributed by atoms with Gasteiger partial charge in [0.05, 0.1) is 10.9 Å². The predicted molar refractivity (Wildman–Crippen MR) is 120 cm³/mol. The number of carbonyl (C=O) groups is 1. The molecule has 0 spiro atoms. The summed E-state index contributed by atoms with van der Waals surface area (Å²) in [5.41, 5.74) is 4.15. The van der Waals surface area contributed by atoms with Crippen LogP contribution in [0.25, 0.3) is 22.3 Å². The quantitative estimate of drug-likeness (QED) is 0.466. The van der Waals surface area contributed by atoms with E-state index in [0.29, 0.717) is 34.4 Å². The Balaban J connectivity index is 1.79. The van der Waals surface area contributed by atoms with Gasteiger partial charge in [0.15, 0.2) is 11.0 Å². The van der Waals surface area contributed by atoms with E-state index in [0.717, 1.165) is 11.1 Å². The summed E-state index contributed by atoms with van der Waals surface area (Å²) in [6, 6.07) is 22.7. The van der Waals surface area contributed by atoms with E-state index in [4.69, 9.17) is 4.42 Å². The van der Waals surface area contributed by atoms with Gasteiger partial charge in [-0.15, -0.1) is 0 Å². The molecular weight excluding hydrogens is 374 g/mol. The zero-order chi connectivity index (χ0) is 21.3. The average molecular weight is 397 g/mol. The number of carbonyl (C=O) groups excluding carboxylic acids is 1. The van der Waals surface area contributed by atoms with Crippen LogP contribution in [-0.4, -0.2) is 17.9 Å². The number of para-hydroxylation sites is 1. The first-order valence-corrected chi connectivity index (χ1v) is 9.88. The molecule has 4 heteroatoms. The van der Waals surface area contributed by atoms with Crippen LogP contribution in [0, 0.1) is 13.8 Å².